The molecular formula is C11H15NO3. The first-order valence-corrected chi connectivity index (χ1v) is 5.17. The highest BCUT2D eigenvalue weighted by molar-refractivity contribution is 5.88. The van der Waals surface area contributed by atoms with Crippen LogP contribution >= 0.6 is 0 Å². The minimum Gasteiger partial charge on any atom is -0.478 e. The topological polar surface area (TPSA) is 63.3 Å². The first-order chi connectivity index (χ1) is 6.99. The molecule has 1 N–H and O–H groups in total. The fourth-order valence-electron chi connectivity index (χ4n) is 2.36. The fourth-order valence-corrected chi connectivity index (χ4v) is 2.36. The first-order valence-electron chi connectivity index (χ1n) is 5.17. The van der Waals surface area contributed by atoms with Gasteiger partial charge in [-0.2, -0.15) is 0 Å². The van der Waals surface area contributed by atoms with Gasteiger partial charge in [0.15, 0.2) is 5.76 Å². The van der Waals surface area contributed by atoms with Crippen molar-refractivity contribution in [3.05, 3.63) is 17.5 Å². The lowest BCUT2D eigenvalue weighted by molar-refractivity contribution is 0.0693. The van der Waals surface area contributed by atoms with Crippen molar-refractivity contribution in [3.8, 4) is 0 Å². The normalized spacial score (nSPS) is 24.3. The second-order valence-electron chi connectivity index (χ2n) is 5.01. The molecule has 4 heteroatoms. The minimum atomic E-state index is -0.948. The van der Waals surface area contributed by atoms with Crippen LogP contribution in [0.2, 0.25) is 0 Å². The Morgan fingerprint density at radius 1 is 1.67 bits per heavy atom. The molecule has 82 valence electrons. The Labute approximate surface area is 88.3 Å². The molecule has 0 amide bonds. The van der Waals surface area contributed by atoms with Crippen LogP contribution in [-0.4, -0.2) is 16.2 Å². The number of rotatable bonds is 2. The summed E-state index contributed by atoms with van der Waals surface area (Å²) in [5, 5.41) is 12.5. The molecule has 0 radical (unpaired) electrons. The van der Waals surface area contributed by atoms with Crippen LogP contribution in [0.25, 0.3) is 0 Å². The van der Waals surface area contributed by atoms with Gasteiger partial charge in [-0.15, -0.1) is 0 Å². The minimum absolute atomic E-state index is 0.216. The lowest BCUT2D eigenvalue weighted by atomic mass is 9.89. The molecule has 0 aliphatic heterocycles. The lowest BCUT2D eigenvalue weighted by Gasteiger charge is -2.16. The van der Waals surface area contributed by atoms with Gasteiger partial charge in [-0.05, 0) is 24.7 Å². The molecule has 1 aliphatic carbocycles. The van der Waals surface area contributed by atoms with Gasteiger partial charge in [0.05, 0.1) is 6.20 Å². The fraction of sp³-hybridized carbons (Fsp3) is 0.636. The molecule has 1 saturated carbocycles. The van der Waals surface area contributed by atoms with Gasteiger partial charge in [0.2, 0.25) is 0 Å². The molecule has 1 fully saturated rings. The van der Waals surface area contributed by atoms with E-state index in [0.29, 0.717) is 5.76 Å². The summed E-state index contributed by atoms with van der Waals surface area (Å²) in [6, 6.07) is 0. The van der Waals surface area contributed by atoms with Gasteiger partial charge in [0.1, 0.15) is 5.56 Å². The number of carboxylic acid groups (broad SMARTS) is 1. The lowest BCUT2D eigenvalue weighted by Crippen LogP contribution is -2.06. The molecule has 1 heterocycles. The smallest absolute Gasteiger partial charge is 0.340 e. The van der Waals surface area contributed by atoms with Crippen LogP contribution in [0, 0.1) is 5.41 Å². The van der Waals surface area contributed by atoms with E-state index in [1.807, 2.05) is 0 Å². The Morgan fingerprint density at radius 2 is 2.40 bits per heavy atom. The zero-order valence-corrected chi connectivity index (χ0v) is 8.99. The number of hydrogen-bond acceptors (Lipinski definition) is 3. The molecule has 1 unspecified atom stereocenters. The number of carbonyl (C=O) groups is 1. The van der Waals surface area contributed by atoms with E-state index >= 15 is 0 Å². The molecule has 0 saturated heterocycles. The van der Waals surface area contributed by atoms with Gasteiger partial charge in [-0.1, -0.05) is 19.0 Å². The highest BCUT2D eigenvalue weighted by atomic mass is 16.5. The number of hydrogen-bond donors (Lipinski definition) is 1. The molecular weight excluding hydrogens is 194 g/mol. The predicted molar refractivity (Wildman–Crippen MR) is 53.8 cm³/mol. The maximum absolute atomic E-state index is 10.9. The third kappa shape index (κ3) is 1.89. The molecule has 15 heavy (non-hydrogen) atoms. The third-order valence-corrected chi connectivity index (χ3v) is 3.17. The summed E-state index contributed by atoms with van der Waals surface area (Å²) in [6.45, 7) is 4.40. The van der Waals surface area contributed by atoms with E-state index in [0.717, 1.165) is 19.3 Å². The molecule has 0 aromatic carbocycles. The highest BCUT2D eigenvalue weighted by Crippen LogP contribution is 2.46. The Bertz CT molecular complexity index is 381. The van der Waals surface area contributed by atoms with Gasteiger partial charge in [-0.25, -0.2) is 4.79 Å². The van der Waals surface area contributed by atoms with Crippen molar-refractivity contribution in [1.82, 2.24) is 5.16 Å². The summed E-state index contributed by atoms with van der Waals surface area (Å²) < 4.78 is 5.07. The second kappa shape index (κ2) is 3.36. The average molecular weight is 209 g/mol. The Balaban J connectivity index is 2.24. The summed E-state index contributed by atoms with van der Waals surface area (Å²) in [6.07, 6.45) is 4.37. The number of carboxylic acids is 1. The van der Waals surface area contributed by atoms with Crippen molar-refractivity contribution in [2.75, 3.05) is 0 Å². The van der Waals surface area contributed by atoms with Gasteiger partial charge < -0.3 is 9.63 Å². The van der Waals surface area contributed by atoms with E-state index in [4.69, 9.17) is 9.63 Å². The maximum atomic E-state index is 10.9. The van der Waals surface area contributed by atoms with Crippen LogP contribution in [0.3, 0.4) is 0 Å². The maximum Gasteiger partial charge on any atom is 0.340 e. The molecule has 1 atom stereocenters. The van der Waals surface area contributed by atoms with E-state index in [9.17, 15) is 4.79 Å². The number of nitrogens with zero attached hydrogens (tertiary/aromatic N) is 1. The van der Waals surface area contributed by atoms with Crippen LogP contribution in [-0.2, 0) is 0 Å². The monoisotopic (exact) mass is 209 g/mol. The van der Waals surface area contributed by atoms with E-state index in [2.05, 4.69) is 19.0 Å². The molecule has 0 spiro atoms. The van der Waals surface area contributed by atoms with Crippen molar-refractivity contribution >= 4 is 5.97 Å². The standard InChI is InChI=1S/C11H15NO3/c1-11(2)4-3-7(5-11)9-8(10(13)14)6-12-15-9/h6-7H,3-5H2,1-2H3,(H,13,14). The van der Waals surface area contributed by atoms with E-state index in [1.165, 1.54) is 6.20 Å². The van der Waals surface area contributed by atoms with Crippen molar-refractivity contribution in [1.29, 1.82) is 0 Å². The van der Waals surface area contributed by atoms with Crippen LogP contribution in [0.1, 0.15) is 55.1 Å². The molecule has 1 aromatic heterocycles. The number of aromatic nitrogens is 1. The summed E-state index contributed by atoms with van der Waals surface area (Å²) in [5.74, 6) is -0.183. The van der Waals surface area contributed by atoms with Gasteiger partial charge in [0.25, 0.3) is 0 Å². The van der Waals surface area contributed by atoms with E-state index in [-0.39, 0.29) is 16.9 Å². The molecule has 1 aromatic rings. The van der Waals surface area contributed by atoms with Crippen LogP contribution < -0.4 is 0 Å². The molecule has 0 bridgehead atoms. The summed E-state index contributed by atoms with van der Waals surface area (Å²) in [7, 11) is 0. The SMILES string of the molecule is CC1(C)CCC(c2oncc2C(=O)O)C1. The average Bonchev–Trinajstić information content (AvgIpc) is 2.69. The van der Waals surface area contributed by atoms with Crippen molar-refractivity contribution in [2.45, 2.75) is 39.0 Å². The molecule has 1 aliphatic rings. The van der Waals surface area contributed by atoms with Crippen LogP contribution in [0.5, 0.6) is 0 Å². The Hall–Kier alpha value is -1.32. The largest absolute Gasteiger partial charge is 0.478 e. The van der Waals surface area contributed by atoms with Crippen molar-refractivity contribution < 1.29 is 14.4 Å². The quantitative estimate of drug-likeness (QED) is 0.813. The van der Waals surface area contributed by atoms with Crippen molar-refractivity contribution in [3.63, 3.8) is 0 Å². The van der Waals surface area contributed by atoms with Crippen LogP contribution in [0.4, 0.5) is 0 Å². The second-order valence-corrected chi connectivity index (χ2v) is 5.01. The Kier molecular flexibility index (Phi) is 2.29. The summed E-state index contributed by atoms with van der Waals surface area (Å²) >= 11 is 0. The zero-order valence-electron chi connectivity index (χ0n) is 8.99. The van der Waals surface area contributed by atoms with Crippen molar-refractivity contribution in [2.24, 2.45) is 5.41 Å². The molecule has 2 rings (SSSR count). The first kappa shape index (κ1) is 10.2. The Morgan fingerprint density at radius 3 is 2.93 bits per heavy atom. The van der Waals surface area contributed by atoms with E-state index < -0.39 is 5.97 Å². The zero-order chi connectivity index (χ0) is 11.1. The van der Waals surface area contributed by atoms with Gasteiger partial charge in [-0.3, -0.25) is 0 Å². The summed E-state index contributed by atoms with van der Waals surface area (Å²) in [4.78, 5) is 10.9. The number of aromatic carboxylic acids is 1. The van der Waals surface area contributed by atoms with Gasteiger partial charge in [0, 0.05) is 5.92 Å². The van der Waals surface area contributed by atoms with Gasteiger partial charge >= 0.3 is 5.97 Å². The highest BCUT2D eigenvalue weighted by Gasteiger charge is 2.36. The summed E-state index contributed by atoms with van der Waals surface area (Å²) in [5.41, 5.74) is 0.505. The van der Waals surface area contributed by atoms with Crippen LogP contribution in [0.15, 0.2) is 10.7 Å². The molecule has 4 nitrogen and oxygen atoms in total. The predicted octanol–water partition coefficient (Wildman–Crippen LogP) is 2.67. The third-order valence-electron chi connectivity index (χ3n) is 3.17. The van der Waals surface area contributed by atoms with E-state index in [1.54, 1.807) is 0 Å².